The largest absolute Gasteiger partial charge is 0.363 e. The van der Waals surface area contributed by atoms with E-state index in [1.807, 2.05) is 25.3 Å². The molecule has 0 aromatic carbocycles. The minimum atomic E-state index is 0.188. The quantitative estimate of drug-likeness (QED) is 0.897. The molecule has 4 heteroatoms. The van der Waals surface area contributed by atoms with E-state index in [4.69, 9.17) is 0 Å². The monoisotopic (exact) mass is 284 g/mol. The number of aryl methyl sites for hydroxylation is 1. The van der Waals surface area contributed by atoms with E-state index >= 15 is 0 Å². The molecule has 0 saturated carbocycles. The highest BCUT2D eigenvalue weighted by molar-refractivity contribution is 5.40. The smallest absolute Gasteiger partial charge is 0.130 e. The Morgan fingerprint density at radius 2 is 1.86 bits per heavy atom. The van der Waals surface area contributed by atoms with Gasteiger partial charge in [0.2, 0.25) is 0 Å². The van der Waals surface area contributed by atoms with Crippen LogP contribution in [0.3, 0.4) is 0 Å². The Bertz CT molecular complexity index is 579. The van der Waals surface area contributed by atoms with Crippen LogP contribution < -0.4 is 5.32 Å². The maximum atomic E-state index is 4.52. The summed E-state index contributed by atoms with van der Waals surface area (Å²) in [5.74, 6) is 2.52. The van der Waals surface area contributed by atoms with E-state index in [2.05, 4.69) is 54.0 Å². The SMILES string of the molecule is Cc1nc(NC(c2cccnc2)C(C)C)cc(C(C)C)n1. The summed E-state index contributed by atoms with van der Waals surface area (Å²) in [5.41, 5.74) is 2.24. The number of aromatic nitrogens is 3. The zero-order valence-corrected chi connectivity index (χ0v) is 13.5. The lowest BCUT2D eigenvalue weighted by molar-refractivity contribution is 0.543. The zero-order valence-electron chi connectivity index (χ0n) is 13.5. The molecule has 1 N–H and O–H groups in total. The minimum absolute atomic E-state index is 0.188. The Kier molecular flexibility index (Phi) is 4.89. The molecule has 0 radical (unpaired) electrons. The number of hydrogen-bond donors (Lipinski definition) is 1. The fourth-order valence-corrected chi connectivity index (χ4v) is 2.31. The molecule has 0 saturated heterocycles. The molecule has 2 aromatic heterocycles. The first-order valence-corrected chi connectivity index (χ1v) is 7.49. The Labute approximate surface area is 127 Å². The van der Waals surface area contributed by atoms with Gasteiger partial charge in [-0.05, 0) is 30.4 Å². The number of anilines is 1. The van der Waals surface area contributed by atoms with Crippen LogP contribution in [0.4, 0.5) is 5.82 Å². The molecule has 21 heavy (non-hydrogen) atoms. The number of hydrogen-bond acceptors (Lipinski definition) is 4. The lowest BCUT2D eigenvalue weighted by Crippen LogP contribution is -2.18. The van der Waals surface area contributed by atoms with E-state index in [-0.39, 0.29) is 6.04 Å². The van der Waals surface area contributed by atoms with Crippen LogP contribution in [0.25, 0.3) is 0 Å². The molecule has 4 nitrogen and oxygen atoms in total. The van der Waals surface area contributed by atoms with Crippen LogP contribution in [0, 0.1) is 12.8 Å². The predicted molar refractivity (Wildman–Crippen MR) is 86.3 cm³/mol. The van der Waals surface area contributed by atoms with E-state index in [1.54, 1.807) is 6.20 Å². The average molecular weight is 284 g/mol. The first kappa shape index (κ1) is 15.4. The van der Waals surface area contributed by atoms with Crippen LogP contribution in [0.5, 0.6) is 0 Å². The van der Waals surface area contributed by atoms with Gasteiger partial charge in [0.1, 0.15) is 11.6 Å². The molecule has 0 fully saturated rings. The summed E-state index contributed by atoms with van der Waals surface area (Å²) in [4.78, 5) is 13.2. The van der Waals surface area contributed by atoms with Crippen molar-refractivity contribution in [3.63, 3.8) is 0 Å². The van der Waals surface area contributed by atoms with Gasteiger partial charge in [0.15, 0.2) is 0 Å². The van der Waals surface area contributed by atoms with Crippen LogP contribution in [-0.2, 0) is 0 Å². The standard InChI is InChI=1S/C17H24N4/c1-11(2)15-9-16(20-13(5)19-15)21-17(12(3)4)14-7-6-8-18-10-14/h6-12,17H,1-5H3,(H,19,20,21). The third-order valence-electron chi connectivity index (χ3n) is 3.46. The van der Waals surface area contributed by atoms with Gasteiger partial charge < -0.3 is 5.32 Å². The maximum Gasteiger partial charge on any atom is 0.130 e. The summed E-state index contributed by atoms with van der Waals surface area (Å²) in [6.07, 6.45) is 3.71. The molecule has 112 valence electrons. The van der Waals surface area contributed by atoms with Crippen molar-refractivity contribution in [1.82, 2.24) is 15.0 Å². The van der Waals surface area contributed by atoms with E-state index in [9.17, 15) is 0 Å². The topological polar surface area (TPSA) is 50.7 Å². The third kappa shape index (κ3) is 4.00. The van der Waals surface area contributed by atoms with Crippen molar-refractivity contribution in [2.45, 2.75) is 46.6 Å². The molecule has 1 unspecified atom stereocenters. The summed E-state index contributed by atoms with van der Waals surface area (Å²) in [6, 6.07) is 6.30. The second-order valence-corrected chi connectivity index (χ2v) is 6.03. The first-order valence-electron chi connectivity index (χ1n) is 7.49. The molecule has 0 spiro atoms. The normalized spacial score (nSPS) is 12.7. The summed E-state index contributed by atoms with van der Waals surface area (Å²) in [7, 11) is 0. The average Bonchev–Trinajstić information content (AvgIpc) is 2.44. The van der Waals surface area contributed by atoms with Crippen molar-refractivity contribution in [3.8, 4) is 0 Å². The van der Waals surface area contributed by atoms with Gasteiger partial charge >= 0.3 is 0 Å². The zero-order chi connectivity index (χ0) is 15.4. The molecule has 0 amide bonds. The molecule has 0 aliphatic carbocycles. The molecule has 2 heterocycles. The number of pyridine rings is 1. The number of nitrogens with one attached hydrogen (secondary N) is 1. The first-order chi connectivity index (χ1) is 9.97. The van der Waals surface area contributed by atoms with Crippen LogP contribution in [-0.4, -0.2) is 15.0 Å². The Balaban J connectivity index is 2.29. The van der Waals surface area contributed by atoms with Crippen LogP contribution in [0.15, 0.2) is 30.6 Å². The molecular weight excluding hydrogens is 260 g/mol. The van der Waals surface area contributed by atoms with Gasteiger partial charge in [0.25, 0.3) is 0 Å². The molecule has 0 bridgehead atoms. The summed E-state index contributed by atoms with van der Waals surface area (Å²) in [6.45, 7) is 10.6. The van der Waals surface area contributed by atoms with Crippen molar-refractivity contribution in [2.75, 3.05) is 5.32 Å². The third-order valence-corrected chi connectivity index (χ3v) is 3.46. The van der Waals surface area contributed by atoms with Gasteiger partial charge in [-0.15, -0.1) is 0 Å². The fraction of sp³-hybridized carbons (Fsp3) is 0.471. The molecule has 1 atom stereocenters. The van der Waals surface area contributed by atoms with Gasteiger partial charge in [-0.25, -0.2) is 9.97 Å². The predicted octanol–water partition coefficient (Wildman–Crippen LogP) is 4.11. The summed E-state index contributed by atoms with van der Waals surface area (Å²) in [5, 5.41) is 3.54. The second kappa shape index (κ2) is 6.66. The van der Waals surface area contributed by atoms with Crippen molar-refractivity contribution in [3.05, 3.63) is 47.7 Å². The van der Waals surface area contributed by atoms with Crippen molar-refractivity contribution >= 4 is 5.82 Å². The van der Waals surface area contributed by atoms with Gasteiger partial charge in [0.05, 0.1) is 6.04 Å². The van der Waals surface area contributed by atoms with E-state index < -0.39 is 0 Å². The Hall–Kier alpha value is -1.97. The van der Waals surface area contributed by atoms with Crippen LogP contribution in [0.2, 0.25) is 0 Å². The van der Waals surface area contributed by atoms with Gasteiger partial charge in [-0.1, -0.05) is 33.8 Å². The Morgan fingerprint density at radius 3 is 2.43 bits per heavy atom. The van der Waals surface area contributed by atoms with Gasteiger partial charge in [0, 0.05) is 24.2 Å². The molecule has 2 aromatic rings. The van der Waals surface area contributed by atoms with Crippen molar-refractivity contribution < 1.29 is 0 Å². The highest BCUT2D eigenvalue weighted by Crippen LogP contribution is 2.26. The lowest BCUT2D eigenvalue weighted by Gasteiger charge is -2.23. The van der Waals surface area contributed by atoms with E-state index in [0.717, 1.165) is 17.3 Å². The summed E-state index contributed by atoms with van der Waals surface area (Å²) < 4.78 is 0. The molecule has 2 rings (SSSR count). The Morgan fingerprint density at radius 1 is 1.10 bits per heavy atom. The van der Waals surface area contributed by atoms with E-state index in [1.165, 1.54) is 5.56 Å². The highest BCUT2D eigenvalue weighted by atomic mass is 15.1. The van der Waals surface area contributed by atoms with Crippen LogP contribution >= 0.6 is 0 Å². The molecule has 0 aliphatic rings. The summed E-state index contributed by atoms with van der Waals surface area (Å²) >= 11 is 0. The van der Waals surface area contributed by atoms with Crippen molar-refractivity contribution in [1.29, 1.82) is 0 Å². The lowest BCUT2D eigenvalue weighted by atomic mass is 9.97. The number of rotatable bonds is 5. The van der Waals surface area contributed by atoms with Crippen molar-refractivity contribution in [2.24, 2.45) is 5.92 Å². The second-order valence-electron chi connectivity index (χ2n) is 6.03. The number of nitrogens with zero attached hydrogens (tertiary/aromatic N) is 3. The highest BCUT2D eigenvalue weighted by Gasteiger charge is 2.17. The minimum Gasteiger partial charge on any atom is -0.363 e. The van der Waals surface area contributed by atoms with E-state index in [0.29, 0.717) is 11.8 Å². The fourth-order valence-electron chi connectivity index (χ4n) is 2.31. The van der Waals surface area contributed by atoms with Gasteiger partial charge in [-0.2, -0.15) is 0 Å². The molecular formula is C17H24N4. The maximum absolute atomic E-state index is 4.52. The van der Waals surface area contributed by atoms with Gasteiger partial charge in [-0.3, -0.25) is 4.98 Å². The molecule has 0 aliphatic heterocycles. The van der Waals surface area contributed by atoms with Crippen LogP contribution in [0.1, 0.15) is 56.7 Å².